The second-order valence-corrected chi connectivity index (χ2v) is 8.97. The first kappa shape index (κ1) is 19.7. The van der Waals surface area contributed by atoms with Gasteiger partial charge in [0.2, 0.25) is 0 Å². The van der Waals surface area contributed by atoms with E-state index in [0.717, 1.165) is 22.5 Å². The Kier molecular flexibility index (Phi) is 4.39. The zero-order valence-corrected chi connectivity index (χ0v) is 17.1. The summed E-state index contributed by atoms with van der Waals surface area (Å²) in [6.45, 7) is 2.13. The molecule has 1 aromatic heterocycles. The number of allylic oxidation sites excluding steroid dienone is 3. The highest BCUT2D eigenvalue weighted by molar-refractivity contribution is 5.82. The number of fused-ring (bicyclic) bond motifs is 4. The fraction of sp³-hybridized carbons (Fsp3) is 0.375. The van der Waals surface area contributed by atoms with Gasteiger partial charge in [0.05, 0.1) is 29.4 Å². The first-order chi connectivity index (χ1) is 14.8. The minimum Gasteiger partial charge on any atom is -0.481 e. The Morgan fingerprint density at radius 1 is 1.19 bits per heavy atom. The van der Waals surface area contributed by atoms with Crippen LogP contribution in [0.4, 0.5) is 4.39 Å². The SMILES string of the molecule is C[C@]12Cc3cnn(-c4ccc(F)cc4)c3C=C1CC[C@H]1C2=CC[C@@H](C(=O)O)[C@H]1C(=O)O. The van der Waals surface area contributed by atoms with Gasteiger partial charge >= 0.3 is 11.9 Å². The summed E-state index contributed by atoms with van der Waals surface area (Å²) in [5, 5.41) is 23.9. The van der Waals surface area contributed by atoms with Crippen LogP contribution >= 0.6 is 0 Å². The number of aliphatic carboxylic acids is 2. The summed E-state index contributed by atoms with van der Waals surface area (Å²) < 4.78 is 15.1. The lowest BCUT2D eigenvalue weighted by molar-refractivity contribution is -0.156. The lowest BCUT2D eigenvalue weighted by Gasteiger charge is -2.49. The maximum absolute atomic E-state index is 13.3. The molecule has 1 aromatic carbocycles. The molecule has 1 heterocycles. The topological polar surface area (TPSA) is 92.4 Å². The van der Waals surface area contributed by atoms with Crippen LogP contribution in [0.1, 0.15) is 37.4 Å². The molecule has 3 aliphatic carbocycles. The number of aromatic nitrogens is 2. The Morgan fingerprint density at radius 3 is 2.61 bits per heavy atom. The summed E-state index contributed by atoms with van der Waals surface area (Å²) in [5.74, 6) is -4.44. The molecular formula is C24H23FN2O4. The van der Waals surface area contributed by atoms with Crippen molar-refractivity contribution in [3.8, 4) is 5.69 Å². The summed E-state index contributed by atoms with van der Waals surface area (Å²) in [6, 6.07) is 6.21. The second-order valence-electron chi connectivity index (χ2n) is 8.97. The number of nitrogens with zero attached hydrogens (tertiary/aromatic N) is 2. The van der Waals surface area contributed by atoms with Crippen LogP contribution in [0.3, 0.4) is 0 Å². The van der Waals surface area contributed by atoms with Crippen molar-refractivity contribution < 1.29 is 24.2 Å². The second kappa shape index (κ2) is 6.90. The van der Waals surface area contributed by atoms with E-state index in [1.54, 1.807) is 12.1 Å². The van der Waals surface area contributed by atoms with Gasteiger partial charge in [0, 0.05) is 5.41 Å². The van der Waals surface area contributed by atoms with Crippen molar-refractivity contribution in [2.75, 3.05) is 0 Å². The van der Waals surface area contributed by atoms with Gasteiger partial charge in [-0.25, -0.2) is 9.07 Å². The number of carbonyl (C=O) groups is 2. The van der Waals surface area contributed by atoms with Gasteiger partial charge in [0.25, 0.3) is 0 Å². The van der Waals surface area contributed by atoms with E-state index in [2.05, 4.69) is 18.1 Å². The van der Waals surface area contributed by atoms with Gasteiger partial charge in [-0.15, -0.1) is 0 Å². The van der Waals surface area contributed by atoms with Gasteiger partial charge in [-0.1, -0.05) is 24.1 Å². The Hall–Kier alpha value is -3.22. The Bertz CT molecular complexity index is 1150. The van der Waals surface area contributed by atoms with Crippen LogP contribution in [0.25, 0.3) is 11.8 Å². The molecule has 31 heavy (non-hydrogen) atoms. The van der Waals surface area contributed by atoms with Crippen molar-refractivity contribution in [2.24, 2.45) is 23.2 Å². The number of rotatable bonds is 3. The minimum absolute atomic E-state index is 0.239. The molecule has 0 unspecified atom stereocenters. The first-order valence-electron chi connectivity index (χ1n) is 10.5. The van der Waals surface area contributed by atoms with Gasteiger partial charge in [0.1, 0.15) is 5.82 Å². The molecule has 0 aliphatic heterocycles. The highest BCUT2D eigenvalue weighted by Crippen LogP contribution is 2.57. The highest BCUT2D eigenvalue weighted by atomic mass is 19.1. The summed E-state index contributed by atoms with van der Waals surface area (Å²) in [6.07, 6.45) is 8.18. The van der Waals surface area contributed by atoms with Crippen LogP contribution in [0.5, 0.6) is 0 Å². The van der Waals surface area contributed by atoms with Crippen molar-refractivity contribution in [3.63, 3.8) is 0 Å². The molecular weight excluding hydrogens is 399 g/mol. The minimum atomic E-state index is -1.04. The Morgan fingerprint density at radius 2 is 1.94 bits per heavy atom. The number of carboxylic acids is 2. The quantitative estimate of drug-likeness (QED) is 0.727. The van der Waals surface area contributed by atoms with Gasteiger partial charge in [-0.2, -0.15) is 5.10 Å². The summed E-state index contributed by atoms with van der Waals surface area (Å²) in [7, 11) is 0. The van der Waals surface area contributed by atoms with Gasteiger partial charge in [-0.3, -0.25) is 9.59 Å². The first-order valence-corrected chi connectivity index (χ1v) is 10.5. The largest absolute Gasteiger partial charge is 0.481 e. The maximum atomic E-state index is 13.3. The van der Waals surface area contributed by atoms with Crippen molar-refractivity contribution in [1.29, 1.82) is 0 Å². The van der Waals surface area contributed by atoms with E-state index in [9.17, 15) is 24.2 Å². The van der Waals surface area contributed by atoms with Gasteiger partial charge < -0.3 is 10.2 Å². The van der Waals surface area contributed by atoms with Crippen LogP contribution in [0.15, 0.2) is 47.7 Å². The maximum Gasteiger partial charge on any atom is 0.307 e. The monoisotopic (exact) mass is 422 g/mol. The number of hydrogen-bond donors (Lipinski definition) is 2. The third kappa shape index (κ3) is 2.94. The molecule has 2 N–H and O–H groups in total. The molecule has 6 nitrogen and oxygen atoms in total. The van der Waals surface area contributed by atoms with Crippen molar-refractivity contribution in [3.05, 3.63) is 64.8 Å². The fourth-order valence-corrected chi connectivity index (χ4v) is 5.83. The third-order valence-electron chi connectivity index (χ3n) is 7.34. The van der Waals surface area contributed by atoms with Crippen molar-refractivity contribution >= 4 is 18.0 Å². The highest BCUT2D eigenvalue weighted by Gasteiger charge is 2.52. The number of benzene rings is 1. The average Bonchev–Trinajstić information content (AvgIpc) is 3.13. The molecule has 0 bridgehead atoms. The van der Waals surface area contributed by atoms with E-state index in [1.807, 2.05) is 17.0 Å². The van der Waals surface area contributed by atoms with E-state index in [4.69, 9.17) is 0 Å². The van der Waals surface area contributed by atoms with Gasteiger partial charge in [-0.05, 0) is 67.5 Å². The van der Waals surface area contributed by atoms with Crippen molar-refractivity contribution in [1.82, 2.24) is 9.78 Å². The van der Waals surface area contributed by atoms with E-state index < -0.39 is 23.8 Å². The van der Waals surface area contributed by atoms with E-state index in [-0.39, 0.29) is 23.6 Å². The van der Waals surface area contributed by atoms with Gasteiger partial charge in [0.15, 0.2) is 0 Å². The van der Waals surface area contributed by atoms with Crippen LogP contribution in [-0.4, -0.2) is 31.9 Å². The third-order valence-corrected chi connectivity index (χ3v) is 7.34. The van der Waals surface area contributed by atoms with Crippen LogP contribution in [0.2, 0.25) is 0 Å². The molecule has 2 aromatic rings. The Balaban J connectivity index is 1.56. The zero-order chi connectivity index (χ0) is 21.9. The lowest BCUT2D eigenvalue weighted by atomic mass is 9.54. The molecule has 7 heteroatoms. The number of hydrogen-bond acceptors (Lipinski definition) is 3. The molecule has 5 rings (SSSR count). The molecule has 0 saturated heterocycles. The fourth-order valence-electron chi connectivity index (χ4n) is 5.83. The molecule has 1 saturated carbocycles. The summed E-state index contributed by atoms with van der Waals surface area (Å²) >= 11 is 0. The van der Waals surface area contributed by atoms with E-state index >= 15 is 0 Å². The predicted molar refractivity (Wildman–Crippen MR) is 111 cm³/mol. The van der Waals surface area contributed by atoms with Crippen molar-refractivity contribution in [2.45, 2.75) is 32.6 Å². The smallest absolute Gasteiger partial charge is 0.307 e. The van der Waals surface area contributed by atoms with Crippen LogP contribution < -0.4 is 0 Å². The molecule has 4 atom stereocenters. The zero-order valence-electron chi connectivity index (χ0n) is 17.1. The Labute approximate surface area is 178 Å². The molecule has 0 amide bonds. The lowest BCUT2D eigenvalue weighted by Crippen LogP contribution is -2.46. The molecule has 0 spiro atoms. The normalized spacial score (nSPS) is 29.2. The number of carboxylic acid groups (broad SMARTS) is 2. The summed E-state index contributed by atoms with van der Waals surface area (Å²) in [5.41, 5.74) is 4.71. The predicted octanol–water partition coefficient (Wildman–Crippen LogP) is 4.10. The van der Waals surface area contributed by atoms with E-state index in [1.165, 1.54) is 17.7 Å². The van der Waals surface area contributed by atoms with Crippen LogP contribution in [0, 0.1) is 29.0 Å². The molecule has 1 fully saturated rings. The molecule has 0 radical (unpaired) electrons. The molecule has 3 aliphatic rings. The van der Waals surface area contributed by atoms with Crippen LogP contribution in [-0.2, 0) is 16.0 Å². The van der Waals surface area contributed by atoms with E-state index in [0.29, 0.717) is 19.3 Å². The average molecular weight is 422 g/mol. The molecule has 160 valence electrons. The standard InChI is InChI=1S/C24H23FN2O4/c1-24-11-13-12-26-27(16-5-3-15(25)4-6-16)20(13)10-14(24)2-7-17-19(24)9-8-18(22(28)29)21(17)23(30)31/h3-6,9-10,12,17-18,21H,2,7-8,11H2,1H3,(H,28,29)(H,30,31)/t17-,18+,21-,24-/m0/s1. The summed E-state index contributed by atoms with van der Waals surface area (Å²) in [4.78, 5) is 23.7. The number of halogens is 1.